The average molecular weight is 429 g/mol. The molecule has 6 nitrogen and oxygen atoms in total. The monoisotopic (exact) mass is 429 g/mol. The van der Waals surface area contributed by atoms with Crippen molar-refractivity contribution in [3.63, 3.8) is 0 Å². The Morgan fingerprint density at radius 1 is 0.875 bits per heavy atom. The average Bonchev–Trinajstić information content (AvgIpc) is 3.09. The summed E-state index contributed by atoms with van der Waals surface area (Å²) in [6.45, 7) is 1.94. The molecule has 3 aromatic rings. The van der Waals surface area contributed by atoms with E-state index in [-0.39, 0.29) is 11.3 Å². The molecule has 3 aromatic carbocycles. The van der Waals surface area contributed by atoms with E-state index in [2.05, 4.69) is 0 Å². The zero-order chi connectivity index (χ0) is 22.8. The molecule has 1 atom stereocenters. The Bertz CT molecular complexity index is 1200. The molecule has 32 heavy (non-hydrogen) atoms. The van der Waals surface area contributed by atoms with Gasteiger partial charge in [0, 0.05) is 11.3 Å². The van der Waals surface area contributed by atoms with Crippen molar-refractivity contribution in [3.8, 4) is 11.5 Å². The van der Waals surface area contributed by atoms with Crippen LogP contribution in [0.25, 0.3) is 5.76 Å². The van der Waals surface area contributed by atoms with Crippen LogP contribution < -0.4 is 14.4 Å². The van der Waals surface area contributed by atoms with Crippen LogP contribution in [-0.2, 0) is 9.59 Å². The van der Waals surface area contributed by atoms with Gasteiger partial charge in [0.2, 0.25) is 0 Å². The van der Waals surface area contributed by atoms with Crippen LogP contribution in [0.1, 0.15) is 22.7 Å². The number of aliphatic hydroxyl groups is 1. The number of carbonyl (C=O) groups is 2. The molecule has 0 unspecified atom stereocenters. The lowest BCUT2D eigenvalue weighted by molar-refractivity contribution is -0.132. The second-order valence-electron chi connectivity index (χ2n) is 7.49. The molecule has 4 rings (SSSR count). The Labute approximate surface area is 186 Å². The molecule has 162 valence electrons. The first-order chi connectivity index (χ1) is 15.5. The largest absolute Gasteiger partial charge is 0.507 e. The summed E-state index contributed by atoms with van der Waals surface area (Å²) in [7, 11) is 3.05. The van der Waals surface area contributed by atoms with E-state index < -0.39 is 17.7 Å². The van der Waals surface area contributed by atoms with Crippen LogP contribution in [0.2, 0.25) is 0 Å². The number of ether oxygens (including phenoxy) is 2. The van der Waals surface area contributed by atoms with Gasteiger partial charge in [-0.1, -0.05) is 54.1 Å². The summed E-state index contributed by atoms with van der Waals surface area (Å²) in [5, 5.41) is 11.1. The maximum atomic E-state index is 13.2. The lowest BCUT2D eigenvalue weighted by Gasteiger charge is -2.26. The summed E-state index contributed by atoms with van der Waals surface area (Å²) in [5.41, 5.74) is 2.68. The molecule has 0 spiro atoms. The number of aliphatic hydroxyl groups excluding tert-OH is 1. The van der Waals surface area contributed by atoms with Gasteiger partial charge in [-0.05, 0) is 36.8 Å². The van der Waals surface area contributed by atoms with E-state index in [1.165, 1.54) is 19.1 Å². The third-order valence-electron chi connectivity index (χ3n) is 5.53. The summed E-state index contributed by atoms with van der Waals surface area (Å²) in [6, 6.07) is 20.4. The highest BCUT2D eigenvalue weighted by molar-refractivity contribution is 6.51. The minimum Gasteiger partial charge on any atom is -0.507 e. The maximum absolute atomic E-state index is 13.2. The fourth-order valence-electron chi connectivity index (χ4n) is 3.89. The molecule has 1 aliphatic heterocycles. The van der Waals surface area contributed by atoms with Crippen LogP contribution in [0.15, 0.2) is 78.4 Å². The van der Waals surface area contributed by atoms with Crippen molar-refractivity contribution in [3.05, 3.63) is 95.1 Å². The van der Waals surface area contributed by atoms with E-state index in [1.807, 2.05) is 25.1 Å². The number of rotatable bonds is 5. The third kappa shape index (κ3) is 3.60. The van der Waals surface area contributed by atoms with Gasteiger partial charge in [-0.2, -0.15) is 0 Å². The second-order valence-corrected chi connectivity index (χ2v) is 7.49. The summed E-state index contributed by atoms with van der Waals surface area (Å²) >= 11 is 0. The molecule has 1 heterocycles. The van der Waals surface area contributed by atoms with Gasteiger partial charge in [0.05, 0.1) is 25.8 Å². The molecule has 0 bridgehead atoms. The van der Waals surface area contributed by atoms with Crippen LogP contribution in [0, 0.1) is 6.92 Å². The number of aryl methyl sites for hydroxylation is 1. The van der Waals surface area contributed by atoms with Crippen LogP contribution in [0.3, 0.4) is 0 Å². The Morgan fingerprint density at radius 3 is 2.16 bits per heavy atom. The molecule has 0 saturated carbocycles. The Morgan fingerprint density at radius 2 is 1.53 bits per heavy atom. The predicted octanol–water partition coefficient (Wildman–Crippen LogP) is 4.64. The topological polar surface area (TPSA) is 76.1 Å². The molecular formula is C26H23NO5. The Kier molecular flexibility index (Phi) is 5.69. The second kappa shape index (κ2) is 8.59. The fourth-order valence-corrected chi connectivity index (χ4v) is 3.89. The highest BCUT2D eigenvalue weighted by atomic mass is 16.5. The van der Waals surface area contributed by atoms with E-state index in [0.29, 0.717) is 28.3 Å². The number of amides is 1. The molecule has 1 amide bonds. The molecule has 6 heteroatoms. The van der Waals surface area contributed by atoms with Gasteiger partial charge >= 0.3 is 0 Å². The lowest BCUT2D eigenvalue weighted by Crippen LogP contribution is -2.29. The highest BCUT2D eigenvalue weighted by Crippen LogP contribution is 2.44. The number of ketones is 1. The SMILES string of the molecule is COc1ccc([C@H]2C(=C(O)c3ccccc3)C(=O)C(=O)N2c2ccc(C)cc2)cc1OC. The number of methoxy groups -OCH3 is 2. The van der Waals surface area contributed by atoms with Crippen molar-refractivity contribution in [2.24, 2.45) is 0 Å². The fraction of sp³-hybridized carbons (Fsp3) is 0.154. The number of nitrogens with zero attached hydrogens (tertiary/aromatic N) is 1. The van der Waals surface area contributed by atoms with Crippen molar-refractivity contribution in [2.75, 3.05) is 19.1 Å². The van der Waals surface area contributed by atoms with Crippen LogP contribution in [-0.4, -0.2) is 31.0 Å². The minimum atomic E-state index is -0.835. The van der Waals surface area contributed by atoms with Gasteiger partial charge in [0.25, 0.3) is 11.7 Å². The molecule has 1 fully saturated rings. The smallest absolute Gasteiger partial charge is 0.300 e. The molecule has 0 aliphatic carbocycles. The third-order valence-corrected chi connectivity index (χ3v) is 5.53. The maximum Gasteiger partial charge on any atom is 0.300 e. The van der Waals surface area contributed by atoms with Crippen molar-refractivity contribution < 1.29 is 24.2 Å². The standard InChI is InChI=1S/C26H23NO5/c1-16-9-12-19(13-10-16)27-23(18-11-14-20(31-2)21(15-18)32-3)22(25(29)26(27)30)24(28)17-7-5-4-6-8-17/h4-15,23,28H,1-3H3/t23-/m0/s1. The lowest BCUT2D eigenvalue weighted by atomic mass is 9.94. The normalized spacial score (nSPS) is 17.5. The summed E-state index contributed by atoms with van der Waals surface area (Å²) in [4.78, 5) is 27.8. The van der Waals surface area contributed by atoms with E-state index in [1.54, 1.807) is 54.6 Å². The first-order valence-corrected chi connectivity index (χ1v) is 10.1. The number of hydrogen-bond donors (Lipinski definition) is 1. The first-order valence-electron chi connectivity index (χ1n) is 10.1. The number of carbonyl (C=O) groups excluding carboxylic acids is 2. The van der Waals surface area contributed by atoms with Gasteiger partial charge in [0.1, 0.15) is 5.76 Å². The van der Waals surface area contributed by atoms with E-state index in [4.69, 9.17) is 9.47 Å². The molecule has 1 saturated heterocycles. The molecule has 0 radical (unpaired) electrons. The van der Waals surface area contributed by atoms with Gasteiger partial charge in [-0.25, -0.2) is 0 Å². The van der Waals surface area contributed by atoms with Crippen molar-refractivity contribution in [1.82, 2.24) is 0 Å². The molecule has 1 N–H and O–H groups in total. The van der Waals surface area contributed by atoms with Crippen molar-refractivity contribution in [1.29, 1.82) is 0 Å². The van der Waals surface area contributed by atoms with E-state index in [9.17, 15) is 14.7 Å². The Hall–Kier alpha value is -4.06. The van der Waals surface area contributed by atoms with Crippen molar-refractivity contribution in [2.45, 2.75) is 13.0 Å². The minimum absolute atomic E-state index is 0.0222. The van der Waals surface area contributed by atoms with Gasteiger partial charge in [-0.3, -0.25) is 14.5 Å². The molecular weight excluding hydrogens is 406 g/mol. The number of hydrogen-bond acceptors (Lipinski definition) is 5. The van der Waals surface area contributed by atoms with Crippen LogP contribution in [0.4, 0.5) is 5.69 Å². The van der Waals surface area contributed by atoms with Gasteiger partial charge < -0.3 is 14.6 Å². The van der Waals surface area contributed by atoms with Gasteiger partial charge in [-0.15, -0.1) is 0 Å². The summed E-state index contributed by atoms with van der Waals surface area (Å²) in [5.74, 6) is -0.693. The van der Waals surface area contributed by atoms with E-state index in [0.717, 1.165) is 5.56 Å². The summed E-state index contributed by atoms with van der Waals surface area (Å²) < 4.78 is 10.8. The number of Topliss-reactive ketones (excluding diaryl/α,β-unsaturated/α-hetero) is 1. The summed E-state index contributed by atoms with van der Waals surface area (Å²) in [6.07, 6.45) is 0. The quantitative estimate of drug-likeness (QED) is 0.363. The zero-order valence-corrected chi connectivity index (χ0v) is 18.0. The predicted molar refractivity (Wildman–Crippen MR) is 122 cm³/mol. The van der Waals surface area contributed by atoms with Crippen molar-refractivity contribution >= 4 is 23.1 Å². The number of benzene rings is 3. The molecule has 0 aromatic heterocycles. The molecule has 1 aliphatic rings. The highest BCUT2D eigenvalue weighted by Gasteiger charge is 2.47. The van der Waals surface area contributed by atoms with Crippen LogP contribution >= 0.6 is 0 Å². The van der Waals surface area contributed by atoms with Crippen LogP contribution in [0.5, 0.6) is 11.5 Å². The zero-order valence-electron chi connectivity index (χ0n) is 18.0. The first kappa shape index (κ1) is 21.2. The van der Waals surface area contributed by atoms with E-state index >= 15 is 0 Å². The number of anilines is 1. The van der Waals surface area contributed by atoms with Gasteiger partial charge in [0.15, 0.2) is 11.5 Å². The Balaban J connectivity index is 1.96.